The smallest absolute Gasteiger partial charge is 0.257 e. The van der Waals surface area contributed by atoms with Gasteiger partial charge in [0.05, 0.1) is 5.75 Å². The molecule has 1 aromatic heterocycles. The average molecular weight is 407 g/mol. The molecule has 0 bridgehead atoms. The van der Waals surface area contributed by atoms with Crippen molar-refractivity contribution < 1.29 is 9.21 Å². The van der Waals surface area contributed by atoms with Crippen molar-refractivity contribution in [1.82, 2.24) is 9.88 Å². The van der Waals surface area contributed by atoms with Crippen molar-refractivity contribution in [3.05, 3.63) is 60.7 Å². The van der Waals surface area contributed by atoms with Crippen LogP contribution in [0.3, 0.4) is 0 Å². The second-order valence-electron chi connectivity index (χ2n) is 7.92. The third kappa shape index (κ3) is 4.73. The zero-order valence-corrected chi connectivity index (χ0v) is 17.7. The summed E-state index contributed by atoms with van der Waals surface area (Å²) in [5.41, 5.74) is 2.80. The highest BCUT2D eigenvalue weighted by Crippen LogP contribution is 2.35. The number of rotatable bonds is 5. The van der Waals surface area contributed by atoms with E-state index in [4.69, 9.17) is 9.40 Å². The average Bonchev–Trinajstić information content (AvgIpc) is 3.17. The minimum atomic E-state index is 0.161. The zero-order valence-electron chi connectivity index (χ0n) is 16.9. The summed E-state index contributed by atoms with van der Waals surface area (Å²) in [7, 11) is 0. The molecule has 0 aliphatic carbocycles. The number of oxazole rings is 1. The molecule has 150 valence electrons. The fourth-order valence-electron chi connectivity index (χ4n) is 4.02. The van der Waals surface area contributed by atoms with E-state index in [1.165, 1.54) is 18.2 Å². The van der Waals surface area contributed by atoms with Gasteiger partial charge in [-0.25, -0.2) is 4.98 Å². The highest BCUT2D eigenvalue weighted by molar-refractivity contribution is 7.99. The van der Waals surface area contributed by atoms with E-state index in [9.17, 15) is 4.79 Å². The molecule has 4 nitrogen and oxygen atoms in total. The summed E-state index contributed by atoms with van der Waals surface area (Å²) >= 11 is 1.38. The summed E-state index contributed by atoms with van der Waals surface area (Å²) in [4.78, 5) is 19.5. The summed E-state index contributed by atoms with van der Waals surface area (Å²) in [6.45, 7) is 6.13. The molecular formula is C24H26N2O2S. The molecule has 2 atom stereocenters. The number of benzene rings is 2. The highest BCUT2D eigenvalue weighted by Gasteiger charge is 2.26. The summed E-state index contributed by atoms with van der Waals surface area (Å²) in [5.74, 6) is 2.37. The number of carbonyl (C=O) groups excluding carboxylic acids is 1. The molecule has 2 heterocycles. The lowest BCUT2D eigenvalue weighted by Gasteiger charge is -2.34. The SMILES string of the molecule is C[C@H]1C[C@H](C)CN(C(=O)CSc2nc(-c3ccccc3)c(-c3ccccc3)o2)C1. The number of piperidine rings is 1. The molecule has 0 unspecified atom stereocenters. The molecule has 1 aliphatic heterocycles. The first-order chi connectivity index (χ1) is 14.1. The van der Waals surface area contributed by atoms with Gasteiger partial charge < -0.3 is 9.32 Å². The van der Waals surface area contributed by atoms with Crippen molar-refractivity contribution in [2.45, 2.75) is 25.5 Å². The molecular weight excluding hydrogens is 380 g/mol. The van der Waals surface area contributed by atoms with Gasteiger partial charge in [-0.2, -0.15) is 0 Å². The van der Waals surface area contributed by atoms with Crippen LogP contribution in [0.2, 0.25) is 0 Å². The number of aromatic nitrogens is 1. The van der Waals surface area contributed by atoms with Crippen molar-refractivity contribution in [3.63, 3.8) is 0 Å². The lowest BCUT2D eigenvalue weighted by molar-refractivity contribution is -0.130. The van der Waals surface area contributed by atoms with Gasteiger partial charge in [0.15, 0.2) is 5.76 Å². The van der Waals surface area contributed by atoms with Gasteiger partial charge in [-0.15, -0.1) is 0 Å². The van der Waals surface area contributed by atoms with Crippen LogP contribution in [0.4, 0.5) is 0 Å². The van der Waals surface area contributed by atoms with Crippen LogP contribution < -0.4 is 0 Å². The predicted octanol–water partition coefficient (Wildman–Crippen LogP) is 5.61. The number of nitrogens with zero attached hydrogens (tertiary/aromatic N) is 2. The fraction of sp³-hybridized carbons (Fsp3) is 0.333. The van der Waals surface area contributed by atoms with Gasteiger partial charge in [0.1, 0.15) is 5.69 Å². The maximum absolute atomic E-state index is 12.7. The first kappa shape index (κ1) is 19.8. The first-order valence-electron chi connectivity index (χ1n) is 10.1. The lowest BCUT2D eigenvalue weighted by Crippen LogP contribution is -2.43. The zero-order chi connectivity index (χ0) is 20.2. The number of hydrogen-bond acceptors (Lipinski definition) is 4. The number of carbonyl (C=O) groups is 1. The Morgan fingerprint density at radius 1 is 1.00 bits per heavy atom. The molecule has 0 N–H and O–H groups in total. The Morgan fingerprint density at radius 2 is 1.59 bits per heavy atom. The molecule has 0 saturated carbocycles. The van der Waals surface area contributed by atoms with Crippen molar-refractivity contribution in [1.29, 1.82) is 0 Å². The first-order valence-corrected chi connectivity index (χ1v) is 11.1. The van der Waals surface area contributed by atoms with E-state index in [0.29, 0.717) is 22.8 Å². The Bertz CT molecular complexity index is 889. The van der Waals surface area contributed by atoms with Crippen LogP contribution in [-0.2, 0) is 4.79 Å². The Kier molecular flexibility index (Phi) is 6.05. The van der Waals surface area contributed by atoms with Gasteiger partial charge in [0.25, 0.3) is 5.22 Å². The molecule has 3 aromatic rings. The van der Waals surface area contributed by atoms with E-state index in [1.54, 1.807) is 0 Å². The molecule has 0 radical (unpaired) electrons. The van der Waals surface area contributed by atoms with Crippen LogP contribution in [0.5, 0.6) is 0 Å². The Morgan fingerprint density at radius 3 is 2.21 bits per heavy atom. The van der Waals surface area contributed by atoms with Gasteiger partial charge >= 0.3 is 0 Å². The molecule has 1 aliphatic rings. The maximum atomic E-state index is 12.7. The van der Waals surface area contributed by atoms with Gasteiger partial charge in [-0.3, -0.25) is 4.79 Å². The van der Waals surface area contributed by atoms with Crippen molar-refractivity contribution in [2.75, 3.05) is 18.8 Å². The van der Waals surface area contributed by atoms with Gasteiger partial charge in [-0.1, -0.05) is 86.3 Å². The summed E-state index contributed by atoms with van der Waals surface area (Å²) in [5, 5.41) is 0.536. The summed E-state index contributed by atoms with van der Waals surface area (Å²) < 4.78 is 6.12. The molecule has 4 rings (SSSR count). The predicted molar refractivity (Wildman–Crippen MR) is 118 cm³/mol. The van der Waals surface area contributed by atoms with E-state index in [2.05, 4.69) is 13.8 Å². The molecule has 29 heavy (non-hydrogen) atoms. The molecule has 1 saturated heterocycles. The Hall–Kier alpha value is -2.53. The van der Waals surface area contributed by atoms with Crippen LogP contribution >= 0.6 is 11.8 Å². The van der Waals surface area contributed by atoms with Crippen LogP contribution in [-0.4, -0.2) is 34.6 Å². The lowest BCUT2D eigenvalue weighted by atomic mass is 9.92. The molecule has 1 fully saturated rings. The van der Waals surface area contributed by atoms with Gasteiger partial charge in [0, 0.05) is 24.2 Å². The van der Waals surface area contributed by atoms with E-state index in [0.717, 1.165) is 35.7 Å². The van der Waals surface area contributed by atoms with E-state index < -0.39 is 0 Å². The normalized spacial score (nSPS) is 19.3. The Labute approximate surface area is 176 Å². The molecule has 0 spiro atoms. The maximum Gasteiger partial charge on any atom is 0.257 e. The summed E-state index contributed by atoms with van der Waals surface area (Å²) in [6, 6.07) is 20.0. The van der Waals surface area contributed by atoms with E-state index in [-0.39, 0.29) is 5.91 Å². The van der Waals surface area contributed by atoms with Crippen LogP contribution in [0, 0.1) is 11.8 Å². The second kappa shape index (κ2) is 8.87. The topological polar surface area (TPSA) is 46.3 Å². The third-order valence-electron chi connectivity index (χ3n) is 5.23. The van der Waals surface area contributed by atoms with Gasteiger partial charge in [0.2, 0.25) is 5.91 Å². The number of amides is 1. The minimum absolute atomic E-state index is 0.161. The molecule has 1 amide bonds. The largest absolute Gasteiger partial charge is 0.431 e. The minimum Gasteiger partial charge on any atom is -0.431 e. The van der Waals surface area contributed by atoms with Crippen LogP contribution in [0.15, 0.2) is 70.3 Å². The quantitative estimate of drug-likeness (QED) is 0.517. The monoisotopic (exact) mass is 406 g/mol. The highest BCUT2D eigenvalue weighted by atomic mass is 32.2. The third-order valence-corrected chi connectivity index (χ3v) is 6.04. The standard InChI is InChI=1S/C24H26N2O2S/c1-17-13-18(2)15-26(14-17)21(27)16-29-24-25-22(19-9-5-3-6-10-19)23(28-24)20-11-7-4-8-12-20/h3-12,17-18H,13-16H2,1-2H3/t17-,18-/m0/s1. The van der Waals surface area contributed by atoms with E-state index >= 15 is 0 Å². The van der Waals surface area contributed by atoms with Crippen molar-refractivity contribution in [3.8, 4) is 22.6 Å². The summed E-state index contributed by atoms with van der Waals surface area (Å²) in [6.07, 6.45) is 1.19. The second-order valence-corrected chi connectivity index (χ2v) is 8.85. The van der Waals surface area contributed by atoms with Crippen LogP contribution in [0.25, 0.3) is 22.6 Å². The van der Waals surface area contributed by atoms with Gasteiger partial charge in [-0.05, 0) is 18.3 Å². The van der Waals surface area contributed by atoms with Crippen molar-refractivity contribution >= 4 is 17.7 Å². The number of hydrogen-bond donors (Lipinski definition) is 0. The van der Waals surface area contributed by atoms with E-state index in [1.807, 2.05) is 65.6 Å². The number of thioether (sulfide) groups is 1. The fourth-order valence-corrected chi connectivity index (χ4v) is 4.75. The van der Waals surface area contributed by atoms with Crippen molar-refractivity contribution in [2.24, 2.45) is 11.8 Å². The number of likely N-dealkylation sites (tertiary alicyclic amines) is 1. The molecule has 2 aromatic carbocycles. The molecule has 5 heteroatoms. The Balaban J connectivity index is 1.54. The van der Waals surface area contributed by atoms with Crippen LogP contribution in [0.1, 0.15) is 20.3 Å².